The molecule has 1 N–H and O–H groups in total. The SMILES string of the molecule is Cn1cccc(-c2ccc(NC3C[C@@H]4CN(CC5CCOCC5)C[C@@H]4C3)nn2)c1=O. The van der Waals surface area contributed by atoms with Gasteiger partial charge in [-0.15, -0.1) is 10.2 Å². The summed E-state index contributed by atoms with van der Waals surface area (Å²) in [7, 11) is 1.75. The third kappa shape index (κ3) is 4.14. The number of aromatic nitrogens is 3. The van der Waals surface area contributed by atoms with Crippen LogP contribution in [0.3, 0.4) is 0 Å². The maximum Gasteiger partial charge on any atom is 0.259 e. The predicted molar refractivity (Wildman–Crippen MR) is 116 cm³/mol. The number of rotatable bonds is 5. The largest absolute Gasteiger partial charge is 0.381 e. The Balaban J connectivity index is 1.15. The first-order valence-electron chi connectivity index (χ1n) is 11.2. The zero-order chi connectivity index (χ0) is 20.5. The molecule has 1 aliphatic carbocycles. The van der Waals surface area contributed by atoms with E-state index < -0.39 is 0 Å². The zero-order valence-electron chi connectivity index (χ0n) is 17.7. The van der Waals surface area contributed by atoms with Crippen molar-refractivity contribution in [3.63, 3.8) is 0 Å². The smallest absolute Gasteiger partial charge is 0.259 e. The molecule has 5 rings (SSSR count). The van der Waals surface area contributed by atoms with Crippen LogP contribution >= 0.6 is 0 Å². The fraction of sp³-hybridized carbons (Fsp3) is 0.609. The van der Waals surface area contributed by atoms with Crippen molar-refractivity contribution in [2.75, 3.05) is 38.2 Å². The Morgan fingerprint density at radius 1 is 1.10 bits per heavy atom. The second kappa shape index (κ2) is 8.47. The average Bonchev–Trinajstić information content (AvgIpc) is 3.29. The molecule has 2 saturated heterocycles. The van der Waals surface area contributed by atoms with Crippen molar-refractivity contribution in [2.45, 2.75) is 31.7 Å². The van der Waals surface area contributed by atoms with Crippen LogP contribution in [-0.4, -0.2) is 58.6 Å². The van der Waals surface area contributed by atoms with E-state index in [1.165, 1.54) is 45.3 Å². The molecule has 1 unspecified atom stereocenters. The summed E-state index contributed by atoms with van der Waals surface area (Å²) in [5.41, 5.74) is 1.15. The van der Waals surface area contributed by atoms with Crippen LogP contribution in [0.5, 0.6) is 0 Å². The highest BCUT2D eigenvalue weighted by Crippen LogP contribution is 2.39. The van der Waals surface area contributed by atoms with Gasteiger partial charge in [0.25, 0.3) is 5.56 Å². The number of hydrogen-bond donors (Lipinski definition) is 1. The molecule has 160 valence electrons. The minimum Gasteiger partial charge on any atom is -0.381 e. The molecule has 3 atom stereocenters. The molecule has 2 aliphatic heterocycles. The summed E-state index contributed by atoms with van der Waals surface area (Å²) in [6.07, 6.45) is 6.60. The van der Waals surface area contributed by atoms with Gasteiger partial charge in [-0.1, -0.05) is 0 Å². The maximum atomic E-state index is 12.3. The van der Waals surface area contributed by atoms with Crippen molar-refractivity contribution in [2.24, 2.45) is 24.8 Å². The topological polar surface area (TPSA) is 72.3 Å². The van der Waals surface area contributed by atoms with Crippen LogP contribution in [0.1, 0.15) is 25.7 Å². The van der Waals surface area contributed by atoms with E-state index in [2.05, 4.69) is 20.4 Å². The van der Waals surface area contributed by atoms with Gasteiger partial charge in [-0.3, -0.25) is 4.79 Å². The Bertz CT molecular complexity index is 908. The molecular weight excluding hydrogens is 378 g/mol. The minimum atomic E-state index is -0.0542. The van der Waals surface area contributed by atoms with E-state index in [1.807, 2.05) is 18.2 Å². The standard InChI is InChI=1S/C23H31N5O2/c1-27-8-2-3-20(23(27)29)21-4-5-22(26-25-21)24-19-11-17-14-28(15-18(17)12-19)13-16-6-9-30-10-7-16/h2-5,8,16-19H,6-7,9-15H2,1H3,(H,24,26)/t17-,18+,19?. The fourth-order valence-electron chi connectivity index (χ4n) is 5.51. The van der Waals surface area contributed by atoms with Crippen molar-refractivity contribution in [1.29, 1.82) is 0 Å². The molecule has 0 spiro atoms. The molecule has 3 aliphatic rings. The Morgan fingerprint density at radius 3 is 2.57 bits per heavy atom. The number of likely N-dealkylation sites (tertiary alicyclic amines) is 1. The Hall–Kier alpha value is -2.25. The van der Waals surface area contributed by atoms with Gasteiger partial charge in [0.2, 0.25) is 0 Å². The zero-order valence-corrected chi connectivity index (χ0v) is 17.7. The molecule has 2 aromatic heterocycles. The van der Waals surface area contributed by atoms with Crippen LogP contribution in [0, 0.1) is 17.8 Å². The lowest BCUT2D eigenvalue weighted by Crippen LogP contribution is -2.32. The van der Waals surface area contributed by atoms with Crippen LogP contribution < -0.4 is 10.9 Å². The maximum absolute atomic E-state index is 12.3. The van der Waals surface area contributed by atoms with Crippen LogP contribution in [0.4, 0.5) is 5.82 Å². The van der Waals surface area contributed by atoms with Gasteiger partial charge in [0, 0.05) is 52.1 Å². The molecule has 0 amide bonds. The third-order valence-corrected chi connectivity index (χ3v) is 7.10. The van der Waals surface area contributed by atoms with E-state index >= 15 is 0 Å². The number of aryl methyl sites for hydroxylation is 1. The van der Waals surface area contributed by atoms with Gasteiger partial charge in [-0.25, -0.2) is 0 Å². The Morgan fingerprint density at radius 2 is 1.87 bits per heavy atom. The lowest BCUT2D eigenvalue weighted by molar-refractivity contribution is 0.0545. The predicted octanol–water partition coefficient (Wildman–Crippen LogP) is 2.39. The van der Waals surface area contributed by atoms with Crippen molar-refractivity contribution in [3.8, 4) is 11.3 Å². The summed E-state index contributed by atoms with van der Waals surface area (Å²) >= 11 is 0. The Kier molecular flexibility index (Phi) is 5.56. The first-order chi connectivity index (χ1) is 14.7. The van der Waals surface area contributed by atoms with Crippen LogP contribution in [0.2, 0.25) is 0 Å². The number of fused-ring (bicyclic) bond motifs is 1. The first kappa shape index (κ1) is 19.7. The number of anilines is 1. The Labute approximate surface area is 177 Å². The van der Waals surface area contributed by atoms with Gasteiger partial charge >= 0.3 is 0 Å². The highest BCUT2D eigenvalue weighted by molar-refractivity contribution is 5.58. The molecule has 7 nitrogen and oxygen atoms in total. The number of hydrogen-bond acceptors (Lipinski definition) is 6. The summed E-state index contributed by atoms with van der Waals surface area (Å²) in [6.45, 7) is 5.61. The van der Waals surface area contributed by atoms with Crippen LogP contribution in [0.25, 0.3) is 11.3 Å². The fourth-order valence-corrected chi connectivity index (χ4v) is 5.51. The molecule has 0 radical (unpaired) electrons. The van der Waals surface area contributed by atoms with Gasteiger partial charge in [-0.2, -0.15) is 0 Å². The molecule has 4 heterocycles. The van der Waals surface area contributed by atoms with E-state index in [-0.39, 0.29) is 5.56 Å². The van der Waals surface area contributed by atoms with Crippen molar-refractivity contribution < 1.29 is 4.74 Å². The lowest BCUT2D eigenvalue weighted by Gasteiger charge is -2.27. The highest BCUT2D eigenvalue weighted by atomic mass is 16.5. The summed E-state index contributed by atoms with van der Waals surface area (Å²) in [5, 5.41) is 12.2. The summed E-state index contributed by atoms with van der Waals surface area (Å²) in [5.74, 6) is 3.21. The average molecular weight is 410 g/mol. The first-order valence-corrected chi connectivity index (χ1v) is 11.2. The molecule has 30 heavy (non-hydrogen) atoms. The lowest BCUT2D eigenvalue weighted by atomic mass is 10.00. The normalized spacial score (nSPS) is 27.3. The number of nitrogens with zero attached hydrogens (tertiary/aromatic N) is 4. The molecule has 2 aromatic rings. The van der Waals surface area contributed by atoms with Gasteiger partial charge in [0.1, 0.15) is 5.82 Å². The summed E-state index contributed by atoms with van der Waals surface area (Å²) < 4.78 is 7.06. The van der Waals surface area contributed by atoms with Crippen LogP contribution in [-0.2, 0) is 11.8 Å². The van der Waals surface area contributed by atoms with E-state index in [0.717, 1.165) is 36.8 Å². The van der Waals surface area contributed by atoms with Gasteiger partial charge in [0.15, 0.2) is 0 Å². The van der Waals surface area contributed by atoms with Gasteiger partial charge < -0.3 is 19.5 Å². The highest BCUT2D eigenvalue weighted by Gasteiger charge is 2.41. The minimum absolute atomic E-state index is 0.0542. The van der Waals surface area contributed by atoms with Gasteiger partial charge in [0.05, 0.1) is 11.3 Å². The van der Waals surface area contributed by atoms with E-state index in [0.29, 0.717) is 17.3 Å². The summed E-state index contributed by atoms with van der Waals surface area (Å²) in [6, 6.07) is 7.95. The number of nitrogens with one attached hydrogen (secondary N) is 1. The molecule has 7 heteroatoms. The molecule has 0 bridgehead atoms. The second-order valence-corrected chi connectivity index (χ2v) is 9.25. The monoisotopic (exact) mass is 409 g/mol. The van der Waals surface area contributed by atoms with E-state index in [9.17, 15) is 4.79 Å². The molecule has 1 saturated carbocycles. The molecule has 3 fully saturated rings. The number of pyridine rings is 1. The van der Waals surface area contributed by atoms with Gasteiger partial charge in [-0.05, 0) is 67.7 Å². The van der Waals surface area contributed by atoms with Crippen LogP contribution in [0.15, 0.2) is 35.3 Å². The van der Waals surface area contributed by atoms with E-state index in [4.69, 9.17) is 4.74 Å². The third-order valence-electron chi connectivity index (χ3n) is 7.10. The number of ether oxygens (including phenoxy) is 1. The second-order valence-electron chi connectivity index (χ2n) is 9.25. The van der Waals surface area contributed by atoms with E-state index in [1.54, 1.807) is 23.9 Å². The summed E-state index contributed by atoms with van der Waals surface area (Å²) in [4.78, 5) is 15.0. The molecule has 0 aromatic carbocycles. The quantitative estimate of drug-likeness (QED) is 0.818. The van der Waals surface area contributed by atoms with Crippen molar-refractivity contribution in [1.82, 2.24) is 19.7 Å². The van der Waals surface area contributed by atoms with Crippen molar-refractivity contribution in [3.05, 3.63) is 40.8 Å². The van der Waals surface area contributed by atoms with Crippen molar-refractivity contribution >= 4 is 5.82 Å². The molecular formula is C23H31N5O2.